The highest BCUT2D eigenvalue weighted by Gasteiger charge is 2.12. The Labute approximate surface area is 112 Å². The number of ketones is 1. The van der Waals surface area contributed by atoms with Crippen LogP contribution in [0.4, 0.5) is 5.69 Å². The number of Topliss-reactive ketones (excluding diaryl/α,β-unsaturated/α-hetero) is 1. The van der Waals surface area contributed by atoms with Crippen molar-refractivity contribution in [3.05, 3.63) is 53.9 Å². The van der Waals surface area contributed by atoms with E-state index in [9.17, 15) is 4.79 Å². The number of carbonyl (C=O) groups excluding carboxylic acids is 1. The first kappa shape index (κ1) is 12.9. The Kier molecular flexibility index (Phi) is 3.67. The number of hydrogen-bond donors (Lipinski definition) is 0. The lowest BCUT2D eigenvalue weighted by molar-refractivity contribution is 0.0992. The third-order valence-corrected chi connectivity index (χ3v) is 3.05. The van der Waals surface area contributed by atoms with Gasteiger partial charge in [-0.2, -0.15) is 5.26 Å². The van der Waals surface area contributed by atoms with Crippen LogP contribution >= 0.6 is 0 Å². The van der Waals surface area contributed by atoms with E-state index in [0.29, 0.717) is 17.8 Å². The summed E-state index contributed by atoms with van der Waals surface area (Å²) in [6.07, 6.45) is 1.86. The molecule has 0 aliphatic heterocycles. The Morgan fingerprint density at radius 3 is 2.53 bits per heavy atom. The molecule has 4 nitrogen and oxygen atoms in total. The van der Waals surface area contributed by atoms with Gasteiger partial charge in [0.15, 0.2) is 5.78 Å². The molecular formula is C15H15N3O. The molecule has 0 aliphatic rings. The maximum atomic E-state index is 12.1. The average Bonchev–Trinajstić information content (AvgIpc) is 2.85. The number of benzene rings is 1. The summed E-state index contributed by atoms with van der Waals surface area (Å²) in [6, 6.07) is 12.9. The van der Waals surface area contributed by atoms with Crippen LogP contribution < -0.4 is 4.90 Å². The van der Waals surface area contributed by atoms with Crippen molar-refractivity contribution in [2.45, 2.75) is 0 Å². The Balaban J connectivity index is 2.08. The molecule has 0 atom stereocenters. The van der Waals surface area contributed by atoms with Crippen LogP contribution in [-0.2, 0) is 7.05 Å². The fourth-order valence-electron chi connectivity index (χ4n) is 1.93. The fraction of sp³-hybridized carbons (Fsp3) is 0.200. The minimum Gasteiger partial charge on any atom is -0.367 e. The second-order valence-electron chi connectivity index (χ2n) is 4.44. The summed E-state index contributed by atoms with van der Waals surface area (Å²) in [5.74, 6) is 0.0689. The Morgan fingerprint density at radius 2 is 2.00 bits per heavy atom. The van der Waals surface area contributed by atoms with E-state index in [4.69, 9.17) is 5.26 Å². The molecule has 0 amide bonds. The minimum absolute atomic E-state index is 0.0689. The number of aryl methyl sites for hydroxylation is 1. The molecule has 1 heterocycles. The molecule has 0 unspecified atom stereocenters. The zero-order chi connectivity index (χ0) is 13.8. The van der Waals surface area contributed by atoms with Gasteiger partial charge in [0.05, 0.1) is 23.9 Å². The van der Waals surface area contributed by atoms with Gasteiger partial charge in [0.25, 0.3) is 0 Å². The van der Waals surface area contributed by atoms with Crippen LogP contribution in [-0.4, -0.2) is 23.9 Å². The second-order valence-corrected chi connectivity index (χ2v) is 4.44. The highest BCUT2D eigenvalue weighted by Crippen LogP contribution is 2.14. The lowest BCUT2D eigenvalue weighted by atomic mass is 10.2. The fourth-order valence-corrected chi connectivity index (χ4v) is 1.93. The third-order valence-electron chi connectivity index (χ3n) is 3.05. The number of aromatic nitrogens is 1. The number of nitrogens with zero attached hydrogens (tertiary/aromatic N) is 3. The summed E-state index contributed by atoms with van der Waals surface area (Å²) < 4.78 is 1.81. The Bertz CT molecular complexity index is 620. The lowest BCUT2D eigenvalue weighted by Gasteiger charge is -2.18. The highest BCUT2D eigenvalue weighted by molar-refractivity contribution is 5.97. The molecule has 0 fully saturated rings. The van der Waals surface area contributed by atoms with Gasteiger partial charge in [0.2, 0.25) is 0 Å². The molecule has 0 saturated carbocycles. The van der Waals surface area contributed by atoms with Crippen LogP contribution in [0.15, 0.2) is 42.6 Å². The van der Waals surface area contributed by atoms with Crippen LogP contribution in [0.3, 0.4) is 0 Å². The lowest BCUT2D eigenvalue weighted by Crippen LogP contribution is -2.26. The molecule has 0 bridgehead atoms. The maximum absolute atomic E-state index is 12.1. The van der Waals surface area contributed by atoms with E-state index in [0.717, 1.165) is 5.69 Å². The SMILES string of the molecule is CN(CC(=O)c1cccn1C)c1ccc(C#N)cc1. The van der Waals surface area contributed by atoms with Crippen molar-refractivity contribution in [2.75, 3.05) is 18.5 Å². The topological polar surface area (TPSA) is 49.0 Å². The predicted octanol–water partition coefficient (Wildman–Crippen LogP) is 2.22. The molecule has 0 saturated heterocycles. The van der Waals surface area contributed by atoms with E-state index < -0.39 is 0 Å². The van der Waals surface area contributed by atoms with E-state index in [1.165, 1.54) is 0 Å². The van der Waals surface area contributed by atoms with E-state index in [1.54, 1.807) is 12.1 Å². The monoisotopic (exact) mass is 253 g/mol. The van der Waals surface area contributed by atoms with Crippen LogP contribution in [0.1, 0.15) is 16.1 Å². The smallest absolute Gasteiger partial charge is 0.198 e. The van der Waals surface area contributed by atoms with Crippen LogP contribution in [0.25, 0.3) is 0 Å². The van der Waals surface area contributed by atoms with Gasteiger partial charge >= 0.3 is 0 Å². The van der Waals surface area contributed by atoms with Crippen molar-refractivity contribution in [2.24, 2.45) is 7.05 Å². The number of hydrogen-bond acceptors (Lipinski definition) is 3. The predicted molar refractivity (Wildman–Crippen MR) is 74.2 cm³/mol. The van der Waals surface area contributed by atoms with Gasteiger partial charge in [-0.3, -0.25) is 4.79 Å². The zero-order valence-electron chi connectivity index (χ0n) is 11.0. The van der Waals surface area contributed by atoms with Crippen molar-refractivity contribution < 1.29 is 4.79 Å². The number of anilines is 1. The first-order valence-corrected chi connectivity index (χ1v) is 5.97. The normalized spacial score (nSPS) is 9.95. The largest absolute Gasteiger partial charge is 0.367 e. The number of carbonyl (C=O) groups is 1. The number of nitriles is 1. The van der Waals surface area contributed by atoms with Gasteiger partial charge < -0.3 is 9.47 Å². The molecule has 0 spiro atoms. The Morgan fingerprint density at radius 1 is 1.32 bits per heavy atom. The highest BCUT2D eigenvalue weighted by atomic mass is 16.1. The van der Waals surface area contributed by atoms with Crippen LogP contribution in [0, 0.1) is 11.3 Å². The number of likely N-dealkylation sites (N-methyl/N-ethyl adjacent to an activating group) is 1. The maximum Gasteiger partial charge on any atom is 0.198 e. The molecule has 96 valence electrons. The summed E-state index contributed by atoms with van der Waals surface area (Å²) in [5.41, 5.74) is 2.23. The van der Waals surface area contributed by atoms with E-state index in [2.05, 4.69) is 6.07 Å². The zero-order valence-corrected chi connectivity index (χ0v) is 11.0. The molecule has 1 aromatic heterocycles. The first-order valence-electron chi connectivity index (χ1n) is 5.97. The van der Waals surface area contributed by atoms with E-state index in [1.807, 2.05) is 54.0 Å². The van der Waals surface area contributed by atoms with Crippen molar-refractivity contribution in [1.82, 2.24) is 4.57 Å². The summed E-state index contributed by atoms with van der Waals surface area (Å²) in [5, 5.41) is 8.75. The van der Waals surface area contributed by atoms with E-state index >= 15 is 0 Å². The van der Waals surface area contributed by atoms with E-state index in [-0.39, 0.29) is 5.78 Å². The molecule has 2 rings (SSSR count). The third kappa shape index (κ3) is 2.83. The summed E-state index contributed by atoms with van der Waals surface area (Å²) in [4.78, 5) is 14.0. The molecule has 19 heavy (non-hydrogen) atoms. The van der Waals surface area contributed by atoms with Gasteiger partial charge in [-0.15, -0.1) is 0 Å². The average molecular weight is 253 g/mol. The van der Waals surface area contributed by atoms with Crippen molar-refractivity contribution >= 4 is 11.5 Å². The van der Waals surface area contributed by atoms with Gasteiger partial charge in [-0.25, -0.2) is 0 Å². The van der Waals surface area contributed by atoms with Crippen LogP contribution in [0.2, 0.25) is 0 Å². The summed E-state index contributed by atoms with van der Waals surface area (Å²) in [7, 11) is 3.72. The van der Waals surface area contributed by atoms with Gasteiger partial charge in [-0.1, -0.05) is 0 Å². The quantitative estimate of drug-likeness (QED) is 0.785. The molecular weight excluding hydrogens is 238 g/mol. The molecule has 2 aromatic rings. The Hall–Kier alpha value is -2.54. The van der Waals surface area contributed by atoms with Crippen molar-refractivity contribution in [3.8, 4) is 6.07 Å². The van der Waals surface area contributed by atoms with Gasteiger partial charge in [0, 0.05) is 26.0 Å². The molecule has 0 N–H and O–H groups in total. The van der Waals surface area contributed by atoms with Gasteiger partial charge in [0.1, 0.15) is 0 Å². The molecule has 1 aromatic carbocycles. The molecule has 4 heteroatoms. The molecule has 0 radical (unpaired) electrons. The van der Waals surface area contributed by atoms with Crippen molar-refractivity contribution in [3.63, 3.8) is 0 Å². The second kappa shape index (κ2) is 5.40. The number of rotatable bonds is 4. The summed E-state index contributed by atoms with van der Waals surface area (Å²) in [6.45, 7) is 0.309. The summed E-state index contributed by atoms with van der Waals surface area (Å²) >= 11 is 0. The van der Waals surface area contributed by atoms with Crippen LogP contribution in [0.5, 0.6) is 0 Å². The standard InChI is InChI=1S/C15H15N3O/c1-17-9-3-4-14(17)15(19)11-18(2)13-7-5-12(10-16)6-8-13/h3-9H,11H2,1-2H3. The molecule has 0 aliphatic carbocycles. The van der Waals surface area contributed by atoms with Crippen molar-refractivity contribution in [1.29, 1.82) is 5.26 Å². The first-order chi connectivity index (χ1) is 9.11. The van der Waals surface area contributed by atoms with Gasteiger partial charge in [-0.05, 0) is 36.4 Å². The minimum atomic E-state index is 0.0689.